The molecule has 0 aromatic carbocycles. The average molecular weight is 287 g/mol. The maximum Gasteiger partial charge on any atom is 0.410 e. The van der Waals surface area contributed by atoms with Crippen molar-refractivity contribution in [1.29, 1.82) is 0 Å². The van der Waals surface area contributed by atoms with Gasteiger partial charge < -0.3 is 5.32 Å². The van der Waals surface area contributed by atoms with E-state index in [0.717, 1.165) is 9.56 Å². The van der Waals surface area contributed by atoms with Gasteiger partial charge in [-0.05, 0) is 24.8 Å². The third-order valence-corrected chi connectivity index (χ3v) is 4.05. The Morgan fingerprint density at radius 1 is 1.47 bits per heavy atom. The van der Waals surface area contributed by atoms with E-state index >= 15 is 0 Å². The van der Waals surface area contributed by atoms with Gasteiger partial charge in [0.2, 0.25) is 0 Å². The van der Waals surface area contributed by atoms with Gasteiger partial charge in [-0.2, -0.15) is 18.3 Å². The normalized spacial score (nSPS) is 22.9. The third-order valence-electron chi connectivity index (χ3n) is 3.15. The van der Waals surface area contributed by atoms with Gasteiger partial charge in [0.25, 0.3) is 0 Å². The van der Waals surface area contributed by atoms with E-state index in [-0.39, 0.29) is 12.5 Å². The Hall–Kier alpha value is -1.50. The molecule has 102 valence electrons. The van der Waals surface area contributed by atoms with E-state index in [1.54, 1.807) is 13.0 Å². The summed E-state index contributed by atoms with van der Waals surface area (Å²) < 4.78 is 40.2. The Labute approximate surface area is 112 Å². The van der Waals surface area contributed by atoms with Gasteiger partial charge in [0, 0.05) is 12.1 Å². The second-order valence-electron chi connectivity index (χ2n) is 4.68. The van der Waals surface area contributed by atoms with Crippen molar-refractivity contribution in [3.8, 4) is 10.6 Å². The minimum absolute atomic E-state index is 0.00204. The molecule has 1 aliphatic heterocycles. The van der Waals surface area contributed by atoms with Crippen molar-refractivity contribution >= 4 is 17.2 Å². The summed E-state index contributed by atoms with van der Waals surface area (Å²) in [5.41, 5.74) is 0.584. The van der Waals surface area contributed by atoms with E-state index in [2.05, 4.69) is 10.4 Å². The minimum atomic E-state index is -4.27. The van der Waals surface area contributed by atoms with Crippen LogP contribution in [0.3, 0.4) is 0 Å². The molecule has 2 aromatic rings. The molecule has 3 heterocycles. The first-order valence-electron chi connectivity index (χ1n) is 5.92. The molecule has 2 atom stereocenters. The molecule has 0 saturated heterocycles. The number of anilines is 1. The molecule has 3 nitrogen and oxygen atoms in total. The van der Waals surface area contributed by atoms with Crippen molar-refractivity contribution in [3.63, 3.8) is 0 Å². The van der Waals surface area contributed by atoms with Crippen LogP contribution in [-0.4, -0.2) is 22.0 Å². The highest BCUT2D eigenvalue weighted by molar-refractivity contribution is 7.13. The molecule has 3 rings (SSSR count). The number of halogens is 3. The molecule has 7 heteroatoms. The molecular formula is C12H12F3N3S. The fraction of sp³-hybridized carbons (Fsp3) is 0.417. The van der Waals surface area contributed by atoms with E-state index in [9.17, 15) is 13.2 Å². The van der Waals surface area contributed by atoms with Crippen LogP contribution in [-0.2, 0) is 0 Å². The largest absolute Gasteiger partial charge is 0.410 e. The van der Waals surface area contributed by atoms with Crippen molar-refractivity contribution in [1.82, 2.24) is 9.78 Å². The van der Waals surface area contributed by atoms with Gasteiger partial charge in [-0.15, -0.1) is 11.3 Å². The second kappa shape index (κ2) is 4.26. The van der Waals surface area contributed by atoms with Gasteiger partial charge in [-0.25, -0.2) is 4.68 Å². The molecule has 0 bridgehead atoms. The molecule has 1 aliphatic rings. The lowest BCUT2D eigenvalue weighted by Crippen LogP contribution is -2.37. The zero-order valence-corrected chi connectivity index (χ0v) is 10.9. The molecule has 19 heavy (non-hydrogen) atoms. The average Bonchev–Trinajstić information content (AvgIpc) is 2.93. The molecule has 2 unspecified atom stereocenters. The molecule has 0 aliphatic carbocycles. The number of hydrogen-bond donors (Lipinski definition) is 1. The van der Waals surface area contributed by atoms with Crippen molar-refractivity contribution in [2.75, 3.05) is 5.32 Å². The number of thiophene rings is 1. The van der Waals surface area contributed by atoms with E-state index < -0.39 is 12.2 Å². The SMILES string of the molecule is CC1CC(C(F)(F)F)n2nc(-c3cccs3)cc2N1. The van der Waals surface area contributed by atoms with Crippen LogP contribution in [0.15, 0.2) is 23.6 Å². The standard InChI is InChI=1S/C12H12F3N3S/c1-7-5-10(12(13,14)15)18-11(16-7)6-8(17-18)9-3-2-4-19-9/h2-4,6-7,10,16H,5H2,1H3. The van der Waals surface area contributed by atoms with Crippen LogP contribution in [0.2, 0.25) is 0 Å². The van der Waals surface area contributed by atoms with Gasteiger partial charge in [-0.1, -0.05) is 6.07 Å². The molecular weight excluding hydrogens is 275 g/mol. The van der Waals surface area contributed by atoms with Gasteiger partial charge in [0.15, 0.2) is 6.04 Å². The van der Waals surface area contributed by atoms with Crippen LogP contribution in [0.1, 0.15) is 19.4 Å². The zero-order valence-electron chi connectivity index (χ0n) is 10.1. The summed E-state index contributed by atoms with van der Waals surface area (Å²) in [7, 11) is 0. The smallest absolute Gasteiger partial charge is 0.368 e. The van der Waals surface area contributed by atoms with Crippen LogP contribution in [0, 0.1) is 0 Å². The summed E-state index contributed by atoms with van der Waals surface area (Å²) in [5.74, 6) is 0.435. The minimum Gasteiger partial charge on any atom is -0.368 e. The zero-order chi connectivity index (χ0) is 13.6. The number of alkyl halides is 3. The number of aromatic nitrogens is 2. The lowest BCUT2D eigenvalue weighted by Gasteiger charge is -2.31. The number of nitrogens with one attached hydrogen (secondary N) is 1. The predicted molar refractivity (Wildman–Crippen MR) is 68.3 cm³/mol. The Morgan fingerprint density at radius 3 is 2.89 bits per heavy atom. The van der Waals surface area contributed by atoms with Crippen molar-refractivity contribution in [2.24, 2.45) is 0 Å². The summed E-state index contributed by atoms with van der Waals surface area (Å²) in [4.78, 5) is 0.872. The van der Waals surface area contributed by atoms with Crippen molar-refractivity contribution in [2.45, 2.75) is 31.6 Å². The molecule has 2 aromatic heterocycles. The Kier molecular flexibility index (Phi) is 2.81. The summed E-state index contributed by atoms with van der Waals surface area (Å²) in [6.45, 7) is 1.75. The maximum absolute atomic E-state index is 13.1. The fourth-order valence-electron chi connectivity index (χ4n) is 2.30. The topological polar surface area (TPSA) is 29.9 Å². The molecule has 1 N–H and O–H groups in total. The predicted octanol–water partition coefficient (Wildman–Crippen LogP) is 3.92. The van der Waals surface area contributed by atoms with E-state index in [1.807, 2.05) is 17.5 Å². The monoisotopic (exact) mass is 287 g/mol. The first-order valence-corrected chi connectivity index (χ1v) is 6.80. The number of rotatable bonds is 1. The lowest BCUT2D eigenvalue weighted by atomic mass is 10.1. The van der Waals surface area contributed by atoms with Crippen LogP contribution < -0.4 is 5.32 Å². The van der Waals surface area contributed by atoms with Gasteiger partial charge >= 0.3 is 6.18 Å². The first kappa shape index (κ1) is 12.5. The highest BCUT2D eigenvalue weighted by Crippen LogP contribution is 2.40. The Morgan fingerprint density at radius 2 is 2.26 bits per heavy atom. The quantitative estimate of drug-likeness (QED) is 0.861. The van der Waals surface area contributed by atoms with Gasteiger partial charge in [0.1, 0.15) is 11.5 Å². The summed E-state index contributed by atoms with van der Waals surface area (Å²) in [5, 5.41) is 9.05. The van der Waals surface area contributed by atoms with Gasteiger partial charge in [-0.3, -0.25) is 0 Å². The van der Waals surface area contributed by atoms with Crippen molar-refractivity contribution in [3.05, 3.63) is 23.6 Å². The summed E-state index contributed by atoms with van der Waals surface area (Å²) in [6.07, 6.45) is -4.27. The molecule has 0 fully saturated rings. The molecule has 0 saturated carbocycles. The first-order chi connectivity index (χ1) is 8.95. The summed E-state index contributed by atoms with van der Waals surface area (Å²) >= 11 is 1.46. The fourth-order valence-corrected chi connectivity index (χ4v) is 2.98. The van der Waals surface area contributed by atoms with Crippen LogP contribution in [0.5, 0.6) is 0 Å². The van der Waals surface area contributed by atoms with Crippen LogP contribution in [0.4, 0.5) is 19.0 Å². The lowest BCUT2D eigenvalue weighted by molar-refractivity contribution is -0.173. The number of nitrogens with zero attached hydrogens (tertiary/aromatic N) is 2. The maximum atomic E-state index is 13.1. The molecule has 0 radical (unpaired) electrons. The molecule has 0 spiro atoms. The van der Waals surface area contributed by atoms with Crippen LogP contribution >= 0.6 is 11.3 Å². The highest BCUT2D eigenvalue weighted by Gasteiger charge is 2.45. The van der Waals surface area contributed by atoms with Gasteiger partial charge in [0.05, 0.1) is 4.88 Å². The Bertz CT molecular complexity index is 574. The second-order valence-corrected chi connectivity index (χ2v) is 5.62. The van der Waals surface area contributed by atoms with E-state index in [1.165, 1.54) is 11.3 Å². The molecule has 0 amide bonds. The van der Waals surface area contributed by atoms with E-state index in [4.69, 9.17) is 0 Å². The van der Waals surface area contributed by atoms with Crippen molar-refractivity contribution < 1.29 is 13.2 Å². The van der Waals surface area contributed by atoms with Crippen LogP contribution in [0.25, 0.3) is 10.6 Å². The number of fused-ring (bicyclic) bond motifs is 1. The Balaban J connectivity index is 2.05. The number of hydrogen-bond acceptors (Lipinski definition) is 3. The third kappa shape index (κ3) is 2.22. The van der Waals surface area contributed by atoms with E-state index in [0.29, 0.717) is 11.5 Å². The summed E-state index contributed by atoms with van der Waals surface area (Å²) in [6, 6.07) is 3.63. The highest BCUT2D eigenvalue weighted by atomic mass is 32.1.